The van der Waals surface area contributed by atoms with Crippen molar-refractivity contribution in [3.63, 3.8) is 0 Å². The van der Waals surface area contributed by atoms with Gasteiger partial charge in [0.05, 0.1) is 37.6 Å². The van der Waals surface area contributed by atoms with Gasteiger partial charge in [-0.2, -0.15) is 0 Å². The van der Waals surface area contributed by atoms with Crippen LogP contribution >= 0.6 is 23.2 Å². The van der Waals surface area contributed by atoms with Gasteiger partial charge in [0, 0.05) is 42.0 Å². The summed E-state index contributed by atoms with van der Waals surface area (Å²) in [6.07, 6.45) is 4.85. The number of carbonyl (C=O) groups is 1. The average molecular weight is 547 g/mol. The molecule has 1 amide bonds. The number of nitrogens with zero attached hydrogens (tertiary/aromatic N) is 4. The lowest BCUT2D eigenvalue weighted by Gasteiger charge is -2.47. The molecular formula is C26H28Cl2N4O5. The molecule has 0 saturated carbocycles. The topological polar surface area (TPSA) is 88.9 Å². The smallest absolute Gasteiger partial charge is 0.219 e. The van der Waals surface area contributed by atoms with Crippen LogP contribution < -0.4 is 9.38 Å². The number of piperazine rings is 1. The Hall–Kier alpha value is -2.66. The minimum atomic E-state index is -1.12. The molecule has 0 unspecified atom stereocenters. The summed E-state index contributed by atoms with van der Waals surface area (Å²) in [7, 11) is 0. The van der Waals surface area contributed by atoms with Crippen LogP contribution in [0, 0.1) is 5.21 Å². The van der Waals surface area contributed by atoms with E-state index in [1.165, 1.54) is 6.92 Å². The highest BCUT2D eigenvalue weighted by Crippen LogP contribution is 2.40. The predicted molar refractivity (Wildman–Crippen MR) is 140 cm³/mol. The molecule has 2 atom stereocenters. The monoisotopic (exact) mass is 546 g/mol. The second-order valence-electron chi connectivity index (χ2n) is 9.31. The summed E-state index contributed by atoms with van der Waals surface area (Å²) in [5, 5.41) is 14.2. The fraction of sp³-hybridized carbons (Fsp3) is 0.385. The van der Waals surface area contributed by atoms with Crippen LogP contribution in [0.15, 0.2) is 61.2 Å². The minimum Gasteiger partial charge on any atom is -0.627 e. The summed E-state index contributed by atoms with van der Waals surface area (Å²) >= 11 is 12.6. The highest BCUT2D eigenvalue weighted by atomic mass is 35.5. The quantitative estimate of drug-likeness (QED) is 0.326. The van der Waals surface area contributed by atoms with E-state index in [0.717, 1.165) is 0 Å². The summed E-state index contributed by atoms with van der Waals surface area (Å²) < 4.78 is 20.0. The van der Waals surface area contributed by atoms with Crippen molar-refractivity contribution in [2.75, 3.05) is 39.4 Å². The molecule has 2 aromatic carbocycles. The second kappa shape index (κ2) is 10.6. The summed E-state index contributed by atoms with van der Waals surface area (Å²) in [6, 6.07) is 12.4. The molecule has 2 aliphatic heterocycles. The first-order valence-corrected chi connectivity index (χ1v) is 12.8. The zero-order valence-electron chi connectivity index (χ0n) is 20.4. The summed E-state index contributed by atoms with van der Waals surface area (Å²) in [5.41, 5.74) is 1.32. The van der Waals surface area contributed by atoms with E-state index in [2.05, 4.69) is 4.98 Å². The number of benzene rings is 2. The van der Waals surface area contributed by atoms with Crippen molar-refractivity contribution < 1.29 is 19.0 Å². The van der Waals surface area contributed by atoms with Crippen molar-refractivity contribution in [3.8, 4) is 5.75 Å². The van der Waals surface area contributed by atoms with E-state index in [4.69, 9.17) is 37.4 Å². The molecule has 2 saturated heterocycles. The molecule has 0 radical (unpaired) electrons. The Morgan fingerprint density at radius 2 is 1.97 bits per heavy atom. The molecule has 2 aliphatic rings. The number of ether oxygens (including phenoxy) is 3. The maximum absolute atomic E-state index is 13.3. The minimum absolute atomic E-state index is 0.000452. The molecule has 0 aliphatic carbocycles. The van der Waals surface area contributed by atoms with Crippen molar-refractivity contribution in [2.24, 2.45) is 0 Å². The number of hydroxylamine groups is 2. The molecule has 196 valence electrons. The molecule has 5 rings (SSSR count). The van der Waals surface area contributed by atoms with Gasteiger partial charge in [-0.3, -0.25) is 4.79 Å². The Balaban J connectivity index is 1.24. The lowest BCUT2D eigenvalue weighted by molar-refractivity contribution is -0.189. The lowest BCUT2D eigenvalue weighted by Crippen LogP contribution is -2.57. The van der Waals surface area contributed by atoms with Gasteiger partial charge >= 0.3 is 0 Å². The number of rotatable bonds is 7. The van der Waals surface area contributed by atoms with E-state index in [9.17, 15) is 10.0 Å². The molecule has 1 aromatic heterocycles. The number of aromatic nitrogens is 2. The first-order chi connectivity index (χ1) is 17.8. The number of quaternary nitrogens is 1. The number of hydrogen-bond acceptors (Lipinski definition) is 6. The van der Waals surface area contributed by atoms with Gasteiger partial charge in [-0.25, -0.2) is 4.98 Å². The Kier molecular flexibility index (Phi) is 7.44. The lowest BCUT2D eigenvalue weighted by atomic mass is 10.1. The number of amides is 1. The molecule has 0 spiro atoms. The van der Waals surface area contributed by atoms with Gasteiger partial charge in [0.1, 0.15) is 37.2 Å². The van der Waals surface area contributed by atoms with Gasteiger partial charge in [-0.15, -0.1) is 0 Å². The normalized spacial score (nSPS) is 23.2. The van der Waals surface area contributed by atoms with Crippen LogP contribution in [0.3, 0.4) is 0 Å². The number of imidazole rings is 1. The SMILES string of the molecule is CC(=O)N1CC[N+]([O-])(c2ccc(OC[C@@H]3CO[C@@](Cn4ccnc4)(c4ccc(Cl)cc4Cl)O3)cc2)CC1. The first kappa shape index (κ1) is 26.0. The van der Waals surface area contributed by atoms with Gasteiger partial charge in [0.25, 0.3) is 0 Å². The number of halogens is 2. The Morgan fingerprint density at radius 1 is 1.22 bits per heavy atom. The number of carbonyl (C=O) groups excluding carboxylic acids is 1. The maximum atomic E-state index is 13.3. The second-order valence-corrected chi connectivity index (χ2v) is 10.2. The molecule has 9 nitrogen and oxygen atoms in total. The van der Waals surface area contributed by atoms with Crippen molar-refractivity contribution in [1.29, 1.82) is 0 Å². The third kappa shape index (κ3) is 5.62. The third-order valence-electron chi connectivity index (χ3n) is 6.80. The van der Waals surface area contributed by atoms with Gasteiger partial charge in [-0.05, 0) is 24.3 Å². The fourth-order valence-electron chi connectivity index (χ4n) is 4.74. The van der Waals surface area contributed by atoms with Crippen LogP contribution in [0.25, 0.3) is 0 Å². The van der Waals surface area contributed by atoms with Crippen molar-refractivity contribution in [3.05, 3.63) is 82.0 Å². The maximum Gasteiger partial charge on any atom is 0.219 e. The molecule has 3 aromatic rings. The Morgan fingerprint density at radius 3 is 2.62 bits per heavy atom. The molecule has 0 N–H and O–H groups in total. The molecule has 3 heterocycles. The molecule has 0 bridgehead atoms. The van der Waals surface area contributed by atoms with Crippen molar-refractivity contribution in [1.82, 2.24) is 19.1 Å². The van der Waals surface area contributed by atoms with Crippen molar-refractivity contribution >= 4 is 34.8 Å². The largest absolute Gasteiger partial charge is 0.627 e. The van der Waals surface area contributed by atoms with Crippen LogP contribution in [-0.4, -0.2) is 65.9 Å². The van der Waals surface area contributed by atoms with Crippen LogP contribution in [0.2, 0.25) is 10.0 Å². The van der Waals surface area contributed by atoms with E-state index in [1.807, 2.05) is 16.8 Å². The van der Waals surface area contributed by atoms with Crippen LogP contribution in [-0.2, 0) is 26.6 Å². The number of hydrogen-bond donors (Lipinski definition) is 0. The average Bonchev–Trinajstić information content (AvgIpc) is 3.54. The summed E-state index contributed by atoms with van der Waals surface area (Å²) in [6.45, 7) is 4.01. The van der Waals surface area contributed by atoms with Crippen LogP contribution in [0.4, 0.5) is 5.69 Å². The predicted octanol–water partition coefficient (Wildman–Crippen LogP) is 4.20. The molecule has 2 fully saturated rings. The standard InChI is InChI=1S/C26H28Cl2N4O5/c1-19(33)31-10-12-32(34,13-11-31)21-3-5-22(6-4-21)35-15-23-16-36-26(37-23,17-30-9-8-29-18-30)24-7-2-20(27)14-25(24)28/h2-9,14,18,23H,10-13,15-17H2,1H3/t23-,26-/m1/s1. The van der Waals surface area contributed by atoms with Gasteiger partial charge in [0.2, 0.25) is 11.7 Å². The first-order valence-electron chi connectivity index (χ1n) is 12.1. The van der Waals surface area contributed by atoms with E-state index in [1.54, 1.807) is 53.8 Å². The highest BCUT2D eigenvalue weighted by Gasteiger charge is 2.45. The summed E-state index contributed by atoms with van der Waals surface area (Å²) in [4.78, 5) is 17.4. The Labute approximate surface area is 225 Å². The third-order valence-corrected chi connectivity index (χ3v) is 7.35. The fourth-order valence-corrected chi connectivity index (χ4v) is 5.29. The van der Waals surface area contributed by atoms with Gasteiger partial charge in [0.15, 0.2) is 0 Å². The van der Waals surface area contributed by atoms with Crippen LogP contribution in [0.5, 0.6) is 5.75 Å². The van der Waals surface area contributed by atoms with E-state index in [0.29, 0.717) is 66.4 Å². The van der Waals surface area contributed by atoms with Crippen LogP contribution in [0.1, 0.15) is 12.5 Å². The molecule has 11 heteroatoms. The van der Waals surface area contributed by atoms with E-state index in [-0.39, 0.29) is 18.6 Å². The molecular weight excluding hydrogens is 519 g/mol. The van der Waals surface area contributed by atoms with Gasteiger partial charge in [-0.1, -0.05) is 29.3 Å². The molecule has 37 heavy (non-hydrogen) atoms. The zero-order chi connectivity index (χ0) is 26.0. The Bertz CT molecular complexity index is 1230. The summed E-state index contributed by atoms with van der Waals surface area (Å²) in [5.74, 6) is -0.500. The van der Waals surface area contributed by atoms with Crippen molar-refractivity contribution in [2.45, 2.75) is 25.4 Å². The van der Waals surface area contributed by atoms with E-state index < -0.39 is 10.4 Å². The zero-order valence-corrected chi connectivity index (χ0v) is 21.9. The van der Waals surface area contributed by atoms with Gasteiger partial charge < -0.3 is 33.5 Å². The van der Waals surface area contributed by atoms with E-state index >= 15 is 0 Å². The highest BCUT2D eigenvalue weighted by molar-refractivity contribution is 6.35.